The Morgan fingerprint density at radius 3 is 2.82 bits per heavy atom. The van der Waals surface area contributed by atoms with Gasteiger partial charge in [0.1, 0.15) is 0 Å². The van der Waals surface area contributed by atoms with E-state index in [-0.39, 0.29) is 0 Å². The highest BCUT2D eigenvalue weighted by Crippen LogP contribution is 2.36. The van der Waals surface area contributed by atoms with E-state index in [0.717, 1.165) is 0 Å². The van der Waals surface area contributed by atoms with Crippen LogP contribution in [-0.2, 0) is 0 Å². The maximum atomic E-state index is 3.70. The van der Waals surface area contributed by atoms with Crippen LogP contribution in [0.4, 0.5) is 5.69 Å². The zero-order chi connectivity index (χ0) is 12.5. The molecule has 2 rings (SSSR count). The Labute approximate surface area is 117 Å². The van der Waals surface area contributed by atoms with E-state index in [2.05, 4.69) is 72.0 Å². The Morgan fingerprint density at radius 1 is 1.41 bits per heavy atom. The average Bonchev–Trinajstić information content (AvgIpc) is 2.26. The van der Waals surface area contributed by atoms with Gasteiger partial charge in [0.25, 0.3) is 0 Å². The number of hydrogen-bond acceptors (Lipinski definition) is 2. The first-order valence-electron chi connectivity index (χ1n) is 6.09. The topological polar surface area (TPSA) is 12.0 Å². The molecule has 0 radical (unpaired) electrons. The number of aryl methyl sites for hydroxylation is 1. The summed E-state index contributed by atoms with van der Waals surface area (Å²) >= 11 is 5.61. The zero-order valence-corrected chi connectivity index (χ0v) is 13.1. The molecule has 0 spiro atoms. The number of rotatable bonds is 2. The summed E-state index contributed by atoms with van der Waals surface area (Å²) in [5.74, 6) is 2.51. The Balaban J connectivity index is 2.11. The van der Waals surface area contributed by atoms with Gasteiger partial charge in [0.05, 0.1) is 0 Å². The smallest absolute Gasteiger partial charge is 0.0403 e. The molecule has 1 unspecified atom stereocenters. The number of hydrogen-bond donors (Lipinski definition) is 1. The molecule has 17 heavy (non-hydrogen) atoms. The fourth-order valence-electron chi connectivity index (χ4n) is 2.11. The van der Waals surface area contributed by atoms with Crippen molar-refractivity contribution in [1.29, 1.82) is 0 Å². The zero-order valence-electron chi connectivity index (χ0n) is 10.7. The van der Waals surface area contributed by atoms with Crippen molar-refractivity contribution < 1.29 is 0 Å². The summed E-state index contributed by atoms with van der Waals surface area (Å²) in [6.45, 7) is 6.88. The minimum atomic E-state index is 0.395. The Kier molecular flexibility index (Phi) is 4.09. The van der Waals surface area contributed by atoms with Crippen molar-refractivity contribution >= 4 is 33.4 Å². The molecular weight excluding hydrogens is 294 g/mol. The molecule has 94 valence electrons. The summed E-state index contributed by atoms with van der Waals surface area (Å²) in [5, 5.41) is 3.70. The summed E-state index contributed by atoms with van der Waals surface area (Å²) in [5.41, 5.74) is 2.93. The number of nitrogens with one attached hydrogen (secondary N) is 1. The second-order valence-electron chi connectivity index (χ2n) is 5.47. The normalized spacial score (nSPS) is 23.4. The molecule has 0 aliphatic carbocycles. The van der Waals surface area contributed by atoms with E-state index in [1.165, 1.54) is 33.7 Å². The van der Waals surface area contributed by atoms with E-state index in [1.807, 2.05) is 0 Å². The second kappa shape index (κ2) is 5.23. The van der Waals surface area contributed by atoms with Gasteiger partial charge in [-0.25, -0.2) is 0 Å². The molecule has 1 aromatic carbocycles. The molecule has 0 saturated carbocycles. The van der Waals surface area contributed by atoms with Gasteiger partial charge in [-0.3, -0.25) is 0 Å². The third kappa shape index (κ3) is 3.19. The lowest BCUT2D eigenvalue weighted by Crippen LogP contribution is -2.41. The fourth-order valence-corrected chi connectivity index (χ4v) is 3.96. The van der Waals surface area contributed by atoms with Gasteiger partial charge in [-0.15, -0.1) is 0 Å². The van der Waals surface area contributed by atoms with Crippen molar-refractivity contribution in [1.82, 2.24) is 0 Å². The number of halogens is 1. The molecule has 1 N–H and O–H groups in total. The van der Waals surface area contributed by atoms with Gasteiger partial charge >= 0.3 is 0 Å². The molecule has 3 heteroatoms. The third-order valence-electron chi connectivity index (χ3n) is 3.62. The maximum Gasteiger partial charge on any atom is 0.0403 e. The summed E-state index contributed by atoms with van der Waals surface area (Å²) in [6.07, 6.45) is 1.30. The molecule has 1 aromatic rings. The van der Waals surface area contributed by atoms with Crippen LogP contribution in [-0.4, -0.2) is 17.5 Å². The van der Waals surface area contributed by atoms with Crippen molar-refractivity contribution in [2.75, 3.05) is 16.8 Å². The standard InChI is InChI=1S/C14H20BrNS/c1-10-8-11(4-5-12(10)15)16-13-9-17-7-6-14(13,2)3/h4-5,8,13,16H,6-7,9H2,1-3H3. The van der Waals surface area contributed by atoms with E-state index < -0.39 is 0 Å². The van der Waals surface area contributed by atoms with Crippen molar-refractivity contribution in [3.05, 3.63) is 28.2 Å². The number of thioether (sulfide) groups is 1. The highest BCUT2D eigenvalue weighted by Gasteiger charge is 2.32. The Bertz CT molecular complexity index is 403. The minimum absolute atomic E-state index is 0.395. The van der Waals surface area contributed by atoms with Crippen molar-refractivity contribution in [3.63, 3.8) is 0 Å². The summed E-state index contributed by atoms with van der Waals surface area (Å²) in [4.78, 5) is 0. The van der Waals surface area contributed by atoms with E-state index in [0.29, 0.717) is 11.5 Å². The monoisotopic (exact) mass is 313 g/mol. The summed E-state index contributed by atoms with van der Waals surface area (Å²) in [6, 6.07) is 7.08. The lowest BCUT2D eigenvalue weighted by Gasteiger charge is -2.39. The molecule has 1 heterocycles. The van der Waals surface area contributed by atoms with Crippen LogP contribution in [0.25, 0.3) is 0 Å². The quantitative estimate of drug-likeness (QED) is 0.849. The number of anilines is 1. The van der Waals surface area contributed by atoms with Crippen molar-refractivity contribution in [3.8, 4) is 0 Å². The van der Waals surface area contributed by atoms with E-state index in [1.54, 1.807) is 0 Å². The van der Waals surface area contributed by atoms with Gasteiger partial charge in [-0.05, 0) is 48.3 Å². The lowest BCUT2D eigenvalue weighted by molar-refractivity contribution is 0.305. The SMILES string of the molecule is Cc1cc(NC2CSCCC2(C)C)ccc1Br. The van der Waals surface area contributed by atoms with Crippen LogP contribution in [0.1, 0.15) is 25.8 Å². The molecule has 1 aliphatic rings. The fraction of sp³-hybridized carbons (Fsp3) is 0.571. The van der Waals surface area contributed by atoms with Crippen molar-refractivity contribution in [2.24, 2.45) is 5.41 Å². The second-order valence-corrected chi connectivity index (χ2v) is 7.48. The Hall–Kier alpha value is -0.150. The molecule has 1 saturated heterocycles. The van der Waals surface area contributed by atoms with E-state index >= 15 is 0 Å². The van der Waals surface area contributed by atoms with Crippen LogP contribution < -0.4 is 5.32 Å². The van der Waals surface area contributed by atoms with Crippen LogP contribution in [0, 0.1) is 12.3 Å². The van der Waals surface area contributed by atoms with Gasteiger partial charge < -0.3 is 5.32 Å². The van der Waals surface area contributed by atoms with Crippen LogP contribution in [0.3, 0.4) is 0 Å². The third-order valence-corrected chi connectivity index (χ3v) is 5.57. The Morgan fingerprint density at radius 2 is 2.18 bits per heavy atom. The van der Waals surface area contributed by atoms with Crippen LogP contribution in [0.5, 0.6) is 0 Å². The van der Waals surface area contributed by atoms with Gasteiger partial charge in [-0.1, -0.05) is 29.8 Å². The van der Waals surface area contributed by atoms with Gasteiger partial charge in [0.15, 0.2) is 0 Å². The summed E-state index contributed by atoms with van der Waals surface area (Å²) in [7, 11) is 0. The first-order valence-corrected chi connectivity index (χ1v) is 8.04. The molecular formula is C14H20BrNS. The van der Waals surface area contributed by atoms with E-state index in [4.69, 9.17) is 0 Å². The first kappa shape index (κ1) is 13.3. The molecule has 0 bridgehead atoms. The van der Waals surface area contributed by atoms with Gasteiger partial charge in [0, 0.05) is 22.0 Å². The largest absolute Gasteiger partial charge is 0.381 e. The molecule has 1 nitrogen and oxygen atoms in total. The summed E-state index contributed by atoms with van der Waals surface area (Å²) < 4.78 is 1.18. The van der Waals surface area contributed by atoms with Crippen LogP contribution in [0.2, 0.25) is 0 Å². The van der Waals surface area contributed by atoms with Crippen molar-refractivity contribution in [2.45, 2.75) is 33.2 Å². The maximum absolute atomic E-state index is 3.70. The molecule has 1 atom stereocenters. The predicted molar refractivity (Wildman–Crippen MR) is 82.0 cm³/mol. The van der Waals surface area contributed by atoms with Gasteiger partial charge in [0.2, 0.25) is 0 Å². The molecule has 1 aliphatic heterocycles. The average molecular weight is 314 g/mol. The van der Waals surface area contributed by atoms with Crippen LogP contribution in [0.15, 0.2) is 22.7 Å². The highest BCUT2D eigenvalue weighted by molar-refractivity contribution is 9.10. The van der Waals surface area contributed by atoms with E-state index in [9.17, 15) is 0 Å². The predicted octanol–water partition coefficient (Wildman–Crippen LogP) is 4.70. The highest BCUT2D eigenvalue weighted by atomic mass is 79.9. The lowest BCUT2D eigenvalue weighted by atomic mass is 9.82. The molecule has 0 aromatic heterocycles. The molecule has 0 amide bonds. The minimum Gasteiger partial charge on any atom is -0.381 e. The van der Waals surface area contributed by atoms with Gasteiger partial charge in [-0.2, -0.15) is 11.8 Å². The molecule has 1 fully saturated rings. The number of benzene rings is 1. The first-order chi connectivity index (χ1) is 7.99. The van der Waals surface area contributed by atoms with Crippen LogP contribution >= 0.6 is 27.7 Å².